The molecule has 1 unspecified atom stereocenters. The standard InChI is InChI=1S/C10H20N2O/c1-3-6-12(9-4-5-9)10(7-11)8-13-2/h3,9-10H,1,4-8,11H2,2H3. The highest BCUT2D eigenvalue weighted by atomic mass is 16.5. The molecule has 1 aliphatic carbocycles. The molecule has 0 aromatic rings. The predicted octanol–water partition coefficient (Wildman–Crippen LogP) is 0.611. The Morgan fingerprint density at radius 2 is 2.38 bits per heavy atom. The third kappa shape index (κ3) is 3.10. The molecule has 0 bridgehead atoms. The number of hydrogen-bond donors (Lipinski definition) is 1. The van der Waals surface area contributed by atoms with Crippen LogP contribution in [0.3, 0.4) is 0 Å². The molecule has 1 rings (SSSR count). The van der Waals surface area contributed by atoms with Crippen LogP contribution in [0.1, 0.15) is 12.8 Å². The molecule has 0 amide bonds. The largest absolute Gasteiger partial charge is 0.383 e. The molecule has 0 radical (unpaired) electrons. The van der Waals surface area contributed by atoms with Gasteiger partial charge in [0.15, 0.2) is 0 Å². The zero-order valence-electron chi connectivity index (χ0n) is 8.41. The summed E-state index contributed by atoms with van der Waals surface area (Å²) in [4.78, 5) is 2.40. The lowest BCUT2D eigenvalue weighted by molar-refractivity contribution is 0.0966. The van der Waals surface area contributed by atoms with Gasteiger partial charge in [-0.05, 0) is 12.8 Å². The Labute approximate surface area is 80.5 Å². The summed E-state index contributed by atoms with van der Waals surface area (Å²) >= 11 is 0. The highest BCUT2D eigenvalue weighted by Gasteiger charge is 2.32. The maximum atomic E-state index is 5.70. The summed E-state index contributed by atoms with van der Waals surface area (Å²) in [6.07, 6.45) is 4.54. The van der Waals surface area contributed by atoms with Gasteiger partial charge in [-0.1, -0.05) is 6.08 Å². The van der Waals surface area contributed by atoms with Crippen molar-refractivity contribution >= 4 is 0 Å². The van der Waals surface area contributed by atoms with Gasteiger partial charge in [-0.15, -0.1) is 6.58 Å². The first-order valence-electron chi connectivity index (χ1n) is 4.89. The van der Waals surface area contributed by atoms with Gasteiger partial charge in [-0.2, -0.15) is 0 Å². The lowest BCUT2D eigenvalue weighted by Crippen LogP contribution is -2.45. The zero-order valence-corrected chi connectivity index (χ0v) is 8.41. The highest BCUT2D eigenvalue weighted by molar-refractivity contribution is 4.92. The van der Waals surface area contributed by atoms with Crippen LogP contribution in [-0.4, -0.2) is 43.8 Å². The third-order valence-corrected chi connectivity index (χ3v) is 2.46. The van der Waals surface area contributed by atoms with Crippen LogP contribution in [0.5, 0.6) is 0 Å². The van der Waals surface area contributed by atoms with Crippen molar-refractivity contribution in [3.05, 3.63) is 12.7 Å². The Morgan fingerprint density at radius 3 is 2.77 bits per heavy atom. The summed E-state index contributed by atoms with van der Waals surface area (Å²) in [5, 5.41) is 0. The molecule has 1 saturated carbocycles. The van der Waals surface area contributed by atoms with Gasteiger partial charge in [0.1, 0.15) is 0 Å². The van der Waals surface area contributed by atoms with E-state index in [1.54, 1.807) is 7.11 Å². The van der Waals surface area contributed by atoms with Gasteiger partial charge in [0.05, 0.1) is 6.61 Å². The van der Waals surface area contributed by atoms with Crippen LogP contribution >= 0.6 is 0 Å². The second-order valence-corrected chi connectivity index (χ2v) is 3.56. The Morgan fingerprint density at radius 1 is 1.69 bits per heavy atom. The normalized spacial score (nSPS) is 19.0. The smallest absolute Gasteiger partial charge is 0.0630 e. The van der Waals surface area contributed by atoms with Crippen molar-refractivity contribution in [2.75, 3.05) is 26.8 Å². The first-order chi connectivity index (χ1) is 6.33. The molecule has 0 saturated heterocycles. The molecule has 0 heterocycles. The van der Waals surface area contributed by atoms with Crippen molar-refractivity contribution in [2.45, 2.75) is 24.9 Å². The summed E-state index contributed by atoms with van der Waals surface area (Å²) in [6, 6.07) is 1.08. The van der Waals surface area contributed by atoms with Gasteiger partial charge < -0.3 is 10.5 Å². The molecule has 1 atom stereocenters. The van der Waals surface area contributed by atoms with Crippen molar-refractivity contribution < 1.29 is 4.74 Å². The average Bonchev–Trinajstić information content (AvgIpc) is 2.94. The van der Waals surface area contributed by atoms with E-state index in [-0.39, 0.29) is 0 Å². The molecule has 0 aliphatic heterocycles. The van der Waals surface area contributed by atoms with E-state index in [1.165, 1.54) is 12.8 Å². The molecule has 0 aromatic carbocycles. The first-order valence-corrected chi connectivity index (χ1v) is 4.89. The fourth-order valence-corrected chi connectivity index (χ4v) is 1.64. The minimum atomic E-state index is 0.357. The van der Waals surface area contributed by atoms with Crippen molar-refractivity contribution in [1.82, 2.24) is 4.90 Å². The van der Waals surface area contributed by atoms with Gasteiger partial charge in [-0.3, -0.25) is 4.90 Å². The van der Waals surface area contributed by atoms with Crippen LogP contribution in [-0.2, 0) is 4.74 Å². The molecule has 2 N–H and O–H groups in total. The molecule has 76 valence electrons. The average molecular weight is 184 g/mol. The quantitative estimate of drug-likeness (QED) is 0.589. The second-order valence-electron chi connectivity index (χ2n) is 3.56. The topological polar surface area (TPSA) is 38.5 Å². The number of rotatable bonds is 7. The van der Waals surface area contributed by atoms with Gasteiger partial charge in [-0.25, -0.2) is 0 Å². The monoisotopic (exact) mass is 184 g/mol. The minimum absolute atomic E-state index is 0.357. The molecule has 1 aliphatic rings. The van der Waals surface area contributed by atoms with Crippen molar-refractivity contribution in [3.8, 4) is 0 Å². The minimum Gasteiger partial charge on any atom is -0.383 e. The van der Waals surface area contributed by atoms with Crippen LogP contribution in [0.15, 0.2) is 12.7 Å². The molecular weight excluding hydrogens is 164 g/mol. The van der Waals surface area contributed by atoms with E-state index in [0.717, 1.165) is 19.2 Å². The second kappa shape index (κ2) is 5.37. The molecule has 0 spiro atoms. The number of nitrogens with two attached hydrogens (primary N) is 1. The first kappa shape index (κ1) is 10.7. The highest BCUT2D eigenvalue weighted by Crippen LogP contribution is 2.28. The van der Waals surface area contributed by atoms with Crippen LogP contribution in [0, 0.1) is 0 Å². The predicted molar refractivity (Wildman–Crippen MR) is 54.6 cm³/mol. The molecule has 13 heavy (non-hydrogen) atoms. The third-order valence-electron chi connectivity index (χ3n) is 2.46. The van der Waals surface area contributed by atoms with Crippen molar-refractivity contribution in [3.63, 3.8) is 0 Å². The van der Waals surface area contributed by atoms with E-state index in [2.05, 4.69) is 11.5 Å². The summed E-state index contributed by atoms with van der Waals surface area (Å²) in [7, 11) is 1.72. The summed E-state index contributed by atoms with van der Waals surface area (Å²) in [5.74, 6) is 0. The van der Waals surface area contributed by atoms with Crippen LogP contribution in [0.25, 0.3) is 0 Å². The van der Waals surface area contributed by atoms with Gasteiger partial charge in [0.25, 0.3) is 0 Å². The molecule has 3 nitrogen and oxygen atoms in total. The molecule has 3 heteroatoms. The Balaban J connectivity index is 2.43. The lowest BCUT2D eigenvalue weighted by Gasteiger charge is -2.29. The summed E-state index contributed by atoms with van der Waals surface area (Å²) in [5.41, 5.74) is 5.70. The van der Waals surface area contributed by atoms with E-state index >= 15 is 0 Å². The Kier molecular flexibility index (Phi) is 4.42. The van der Waals surface area contributed by atoms with E-state index in [0.29, 0.717) is 12.6 Å². The maximum absolute atomic E-state index is 5.70. The van der Waals surface area contributed by atoms with Crippen LogP contribution in [0.4, 0.5) is 0 Å². The Bertz CT molecular complexity index is 157. The van der Waals surface area contributed by atoms with Gasteiger partial charge in [0, 0.05) is 32.3 Å². The summed E-state index contributed by atoms with van der Waals surface area (Å²) < 4.78 is 5.14. The van der Waals surface area contributed by atoms with Gasteiger partial charge >= 0.3 is 0 Å². The number of nitrogens with zero attached hydrogens (tertiary/aromatic N) is 1. The molecule has 1 fully saturated rings. The SMILES string of the molecule is C=CCN(C1CC1)C(CN)COC. The number of methoxy groups -OCH3 is 1. The van der Waals surface area contributed by atoms with E-state index in [9.17, 15) is 0 Å². The maximum Gasteiger partial charge on any atom is 0.0630 e. The fraction of sp³-hybridized carbons (Fsp3) is 0.800. The number of hydrogen-bond acceptors (Lipinski definition) is 3. The summed E-state index contributed by atoms with van der Waals surface area (Å²) in [6.45, 7) is 6.08. The fourth-order valence-electron chi connectivity index (χ4n) is 1.64. The Hall–Kier alpha value is -0.380. The van der Waals surface area contributed by atoms with Crippen molar-refractivity contribution in [2.24, 2.45) is 5.73 Å². The van der Waals surface area contributed by atoms with Crippen LogP contribution < -0.4 is 5.73 Å². The molecular formula is C10H20N2O. The lowest BCUT2D eigenvalue weighted by atomic mass is 10.2. The zero-order chi connectivity index (χ0) is 9.68. The van der Waals surface area contributed by atoms with Gasteiger partial charge in [0.2, 0.25) is 0 Å². The van der Waals surface area contributed by atoms with E-state index in [1.807, 2.05) is 6.08 Å². The molecule has 0 aromatic heterocycles. The van der Waals surface area contributed by atoms with Crippen molar-refractivity contribution in [1.29, 1.82) is 0 Å². The van der Waals surface area contributed by atoms with E-state index < -0.39 is 0 Å². The van der Waals surface area contributed by atoms with E-state index in [4.69, 9.17) is 10.5 Å². The number of ether oxygens (including phenoxy) is 1. The van der Waals surface area contributed by atoms with Crippen LogP contribution in [0.2, 0.25) is 0 Å².